The number of allylic oxidation sites excluding steroid dienone is 2. The van der Waals surface area contributed by atoms with Crippen molar-refractivity contribution in [3.8, 4) is 0 Å². The van der Waals surface area contributed by atoms with Crippen LogP contribution in [0, 0.1) is 12.8 Å². The predicted molar refractivity (Wildman–Crippen MR) is 140 cm³/mol. The normalized spacial score (nSPS) is 21.5. The van der Waals surface area contributed by atoms with Gasteiger partial charge >= 0.3 is 0 Å². The maximum Gasteiger partial charge on any atom is 0.261 e. The van der Waals surface area contributed by atoms with Crippen molar-refractivity contribution < 1.29 is 8.42 Å². The van der Waals surface area contributed by atoms with Gasteiger partial charge in [0.2, 0.25) is 0 Å². The summed E-state index contributed by atoms with van der Waals surface area (Å²) in [5, 5.41) is 3.72. The van der Waals surface area contributed by atoms with Crippen molar-refractivity contribution >= 4 is 21.4 Å². The minimum Gasteiger partial charge on any atom is -0.378 e. The fraction of sp³-hybridized carbons (Fsp3) is 0.310. The van der Waals surface area contributed by atoms with E-state index in [0.717, 1.165) is 23.2 Å². The summed E-state index contributed by atoms with van der Waals surface area (Å²) in [6, 6.07) is 22.0. The Balaban J connectivity index is 1.46. The second kappa shape index (κ2) is 8.31. The zero-order chi connectivity index (χ0) is 24.1. The lowest BCUT2D eigenvalue weighted by atomic mass is 9.76. The van der Waals surface area contributed by atoms with Crippen molar-refractivity contribution in [1.82, 2.24) is 0 Å². The number of nitrogens with one attached hydrogen (secondary N) is 2. The van der Waals surface area contributed by atoms with Crippen molar-refractivity contribution in [2.24, 2.45) is 5.92 Å². The van der Waals surface area contributed by atoms with E-state index in [2.05, 4.69) is 67.2 Å². The van der Waals surface area contributed by atoms with E-state index in [-0.39, 0.29) is 17.4 Å². The molecule has 5 rings (SSSR count). The third kappa shape index (κ3) is 4.25. The summed E-state index contributed by atoms with van der Waals surface area (Å²) in [5.41, 5.74) is 6.36. The van der Waals surface area contributed by atoms with Crippen molar-refractivity contribution in [3.63, 3.8) is 0 Å². The number of benzene rings is 3. The van der Waals surface area contributed by atoms with E-state index in [1.807, 2.05) is 37.3 Å². The van der Waals surface area contributed by atoms with Gasteiger partial charge in [0.1, 0.15) is 0 Å². The van der Waals surface area contributed by atoms with Gasteiger partial charge in [0, 0.05) is 17.3 Å². The molecule has 0 saturated heterocycles. The average molecular weight is 473 g/mol. The minimum absolute atomic E-state index is 0.122. The molecule has 1 aliphatic carbocycles. The van der Waals surface area contributed by atoms with Crippen LogP contribution < -0.4 is 10.0 Å². The molecule has 0 spiro atoms. The number of rotatable bonds is 4. The fourth-order valence-corrected chi connectivity index (χ4v) is 6.27. The van der Waals surface area contributed by atoms with Crippen LogP contribution in [0.3, 0.4) is 0 Å². The Kier molecular flexibility index (Phi) is 5.56. The first-order valence-electron chi connectivity index (χ1n) is 11.9. The number of sulfonamides is 1. The van der Waals surface area contributed by atoms with Gasteiger partial charge in [-0.25, -0.2) is 8.42 Å². The van der Waals surface area contributed by atoms with Crippen molar-refractivity contribution in [3.05, 3.63) is 101 Å². The van der Waals surface area contributed by atoms with Crippen LogP contribution in [0.5, 0.6) is 0 Å². The SMILES string of the molecule is Cc1cccc(NS(=O)(=O)c2ccc3c(c2)[C@H]2C=CC[C@H]2[C@H](c2ccc(C(C)(C)C)cc2)N3)c1. The summed E-state index contributed by atoms with van der Waals surface area (Å²) in [5.74, 6) is 0.549. The lowest BCUT2D eigenvalue weighted by molar-refractivity contribution is 0.425. The lowest BCUT2D eigenvalue weighted by Gasteiger charge is -2.38. The molecule has 3 atom stereocenters. The molecule has 3 aromatic rings. The molecule has 5 heteroatoms. The summed E-state index contributed by atoms with van der Waals surface area (Å²) >= 11 is 0. The van der Waals surface area contributed by atoms with E-state index < -0.39 is 10.0 Å². The summed E-state index contributed by atoms with van der Waals surface area (Å²) in [6.07, 6.45) is 5.45. The second-order valence-electron chi connectivity index (χ2n) is 10.6. The summed E-state index contributed by atoms with van der Waals surface area (Å²) in [6.45, 7) is 8.64. The van der Waals surface area contributed by atoms with Gasteiger partial charge in [-0.15, -0.1) is 0 Å². The van der Waals surface area contributed by atoms with Crippen molar-refractivity contribution in [2.75, 3.05) is 10.0 Å². The predicted octanol–water partition coefficient (Wildman–Crippen LogP) is 6.92. The highest BCUT2D eigenvalue weighted by molar-refractivity contribution is 7.92. The van der Waals surface area contributed by atoms with Gasteiger partial charge in [0.25, 0.3) is 10.0 Å². The molecule has 0 amide bonds. The maximum atomic E-state index is 13.1. The number of anilines is 2. The van der Waals surface area contributed by atoms with Gasteiger partial charge < -0.3 is 5.32 Å². The molecule has 0 bridgehead atoms. The second-order valence-corrected chi connectivity index (χ2v) is 12.3. The number of aryl methyl sites for hydroxylation is 1. The highest BCUT2D eigenvalue weighted by Crippen LogP contribution is 2.50. The van der Waals surface area contributed by atoms with Crippen LogP contribution in [0.25, 0.3) is 0 Å². The molecule has 0 saturated carbocycles. The Labute approximate surface area is 203 Å². The van der Waals surface area contributed by atoms with Gasteiger partial charge in [-0.1, -0.05) is 69.3 Å². The molecule has 0 unspecified atom stereocenters. The van der Waals surface area contributed by atoms with Crippen LogP contribution in [0.2, 0.25) is 0 Å². The third-order valence-corrected chi connectivity index (χ3v) is 8.43. The largest absolute Gasteiger partial charge is 0.378 e. The average Bonchev–Trinajstić information content (AvgIpc) is 3.28. The third-order valence-electron chi connectivity index (χ3n) is 7.05. The maximum absolute atomic E-state index is 13.1. The standard InChI is InChI=1S/C29H32N2O2S/c1-19-7-5-8-22(17-19)31-34(32,33)23-15-16-27-26(18-23)24-9-6-10-25(24)28(30-27)20-11-13-21(14-12-20)29(2,3)4/h5-9,11-18,24-25,28,30-31H,10H2,1-4H3/t24-,25+,28-/m0/s1. The Morgan fingerprint density at radius 2 is 1.74 bits per heavy atom. The van der Waals surface area contributed by atoms with Crippen LogP contribution in [0.15, 0.2) is 83.8 Å². The van der Waals surface area contributed by atoms with Crippen molar-refractivity contribution in [2.45, 2.75) is 56.4 Å². The highest BCUT2D eigenvalue weighted by Gasteiger charge is 2.38. The van der Waals surface area contributed by atoms with Gasteiger partial charge in [-0.05, 0) is 77.3 Å². The van der Waals surface area contributed by atoms with Crippen LogP contribution in [0.4, 0.5) is 11.4 Å². The lowest BCUT2D eigenvalue weighted by Crippen LogP contribution is -2.29. The molecule has 2 aliphatic rings. The molecule has 34 heavy (non-hydrogen) atoms. The van der Waals surface area contributed by atoms with E-state index in [9.17, 15) is 8.42 Å². The highest BCUT2D eigenvalue weighted by atomic mass is 32.2. The zero-order valence-corrected chi connectivity index (χ0v) is 21.0. The number of hydrogen-bond acceptors (Lipinski definition) is 3. The monoisotopic (exact) mass is 472 g/mol. The number of hydrogen-bond donors (Lipinski definition) is 2. The van der Waals surface area contributed by atoms with E-state index in [1.165, 1.54) is 11.1 Å². The Morgan fingerprint density at radius 3 is 2.44 bits per heavy atom. The Morgan fingerprint density at radius 1 is 0.971 bits per heavy atom. The van der Waals surface area contributed by atoms with E-state index >= 15 is 0 Å². The molecule has 2 N–H and O–H groups in total. The molecule has 3 aromatic carbocycles. The van der Waals surface area contributed by atoms with Gasteiger partial charge in [-0.2, -0.15) is 0 Å². The van der Waals surface area contributed by atoms with Crippen LogP contribution in [-0.2, 0) is 15.4 Å². The van der Waals surface area contributed by atoms with E-state index in [0.29, 0.717) is 16.5 Å². The Bertz CT molecular complexity index is 1350. The molecule has 0 aromatic heterocycles. The van der Waals surface area contributed by atoms with Crippen LogP contribution >= 0.6 is 0 Å². The summed E-state index contributed by atoms with van der Waals surface area (Å²) in [4.78, 5) is 0.293. The van der Waals surface area contributed by atoms with Gasteiger partial charge in [0.15, 0.2) is 0 Å². The number of fused-ring (bicyclic) bond motifs is 3. The first kappa shape index (κ1) is 22.7. The minimum atomic E-state index is -3.68. The van der Waals surface area contributed by atoms with E-state index in [4.69, 9.17) is 0 Å². The quantitative estimate of drug-likeness (QED) is 0.405. The summed E-state index contributed by atoms with van der Waals surface area (Å²) < 4.78 is 29.0. The Hall–Kier alpha value is -3.05. The van der Waals surface area contributed by atoms with E-state index in [1.54, 1.807) is 12.1 Å². The molecule has 1 aliphatic heterocycles. The fourth-order valence-electron chi connectivity index (χ4n) is 5.18. The smallest absolute Gasteiger partial charge is 0.261 e. The first-order chi connectivity index (χ1) is 16.1. The molecular weight excluding hydrogens is 440 g/mol. The van der Waals surface area contributed by atoms with Crippen LogP contribution in [-0.4, -0.2) is 8.42 Å². The zero-order valence-electron chi connectivity index (χ0n) is 20.2. The first-order valence-corrected chi connectivity index (χ1v) is 13.4. The van der Waals surface area contributed by atoms with Gasteiger partial charge in [-0.3, -0.25) is 4.72 Å². The topological polar surface area (TPSA) is 58.2 Å². The van der Waals surface area contributed by atoms with Crippen molar-refractivity contribution in [1.29, 1.82) is 0 Å². The van der Waals surface area contributed by atoms with Crippen LogP contribution in [0.1, 0.15) is 61.4 Å². The van der Waals surface area contributed by atoms with Gasteiger partial charge in [0.05, 0.1) is 10.9 Å². The molecule has 0 fully saturated rings. The molecule has 176 valence electrons. The molecule has 1 heterocycles. The molecule has 4 nitrogen and oxygen atoms in total. The molecular formula is C29H32N2O2S. The summed E-state index contributed by atoms with van der Waals surface area (Å²) in [7, 11) is -3.68. The molecule has 0 radical (unpaired) electrons.